The van der Waals surface area contributed by atoms with Crippen molar-refractivity contribution < 1.29 is 19.1 Å². The van der Waals surface area contributed by atoms with E-state index in [0.717, 1.165) is 18.4 Å². The lowest BCUT2D eigenvalue weighted by molar-refractivity contribution is -0.116. The third-order valence-corrected chi connectivity index (χ3v) is 5.94. The van der Waals surface area contributed by atoms with Gasteiger partial charge >= 0.3 is 0 Å². The molecule has 0 saturated carbocycles. The largest absolute Gasteiger partial charge is 0.493 e. The van der Waals surface area contributed by atoms with E-state index in [1.54, 1.807) is 30.9 Å². The Labute approximate surface area is 192 Å². The van der Waals surface area contributed by atoms with Crippen molar-refractivity contribution in [1.29, 1.82) is 5.26 Å². The molecule has 2 aromatic rings. The van der Waals surface area contributed by atoms with E-state index in [2.05, 4.69) is 10.3 Å². The average molecular weight is 453 g/mol. The smallest absolute Gasteiger partial charge is 0.266 e. The van der Waals surface area contributed by atoms with E-state index in [0.29, 0.717) is 53.5 Å². The molecule has 2 amide bonds. The van der Waals surface area contributed by atoms with Crippen molar-refractivity contribution in [3.05, 3.63) is 50.4 Å². The molecule has 2 heterocycles. The SMILES string of the molecule is COc1cc(NC(=O)CCc2c(C)[nH]c(=O)c(C#N)c2C)c(C(=O)N2CCCC2)cc1OC. The van der Waals surface area contributed by atoms with Gasteiger partial charge in [0.2, 0.25) is 5.91 Å². The van der Waals surface area contributed by atoms with Gasteiger partial charge in [-0.2, -0.15) is 5.26 Å². The maximum Gasteiger partial charge on any atom is 0.266 e. The third-order valence-electron chi connectivity index (χ3n) is 5.94. The summed E-state index contributed by atoms with van der Waals surface area (Å²) in [5.41, 5.74) is 2.25. The van der Waals surface area contributed by atoms with E-state index in [9.17, 15) is 19.6 Å². The summed E-state index contributed by atoms with van der Waals surface area (Å²) in [4.78, 5) is 42.3. The maximum absolute atomic E-state index is 13.1. The molecule has 1 aromatic carbocycles. The van der Waals surface area contributed by atoms with Crippen LogP contribution >= 0.6 is 0 Å². The van der Waals surface area contributed by atoms with Crippen LogP contribution in [-0.4, -0.2) is 49.0 Å². The highest BCUT2D eigenvalue weighted by Gasteiger charge is 2.25. The number of methoxy groups -OCH3 is 2. The normalized spacial score (nSPS) is 12.9. The number of pyridine rings is 1. The fourth-order valence-electron chi connectivity index (χ4n) is 4.12. The Morgan fingerprint density at radius 1 is 1.15 bits per heavy atom. The zero-order valence-corrected chi connectivity index (χ0v) is 19.3. The highest BCUT2D eigenvalue weighted by molar-refractivity contribution is 6.04. The lowest BCUT2D eigenvalue weighted by atomic mass is 9.99. The van der Waals surface area contributed by atoms with Crippen LogP contribution in [0.2, 0.25) is 0 Å². The number of carbonyl (C=O) groups is 2. The summed E-state index contributed by atoms with van der Waals surface area (Å²) in [7, 11) is 2.98. The number of aromatic nitrogens is 1. The summed E-state index contributed by atoms with van der Waals surface area (Å²) in [6.07, 6.45) is 2.33. The molecule has 0 bridgehead atoms. The van der Waals surface area contributed by atoms with Gasteiger partial charge < -0.3 is 24.7 Å². The molecule has 2 N–H and O–H groups in total. The number of nitrogens with zero attached hydrogens (tertiary/aromatic N) is 2. The van der Waals surface area contributed by atoms with Gasteiger partial charge in [-0.15, -0.1) is 0 Å². The Morgan fingerprint density at radius 3 is 2.39 bits per heavy atom. The number of hydrogen-bond donors (Lipinski definition) is 2. The van der Waals surface area contributed by atoms with Crippen LogP contribution in [0, 0.1) is 25.2 Å². The fourth-order valence-corrected chi connectivity index (χ4v) is 4.12. The molecule has 0 unspecified atom stereocenters. The Kier molecular flexibility index (Phi) is 7.38. The van der Waals surface area contributed by atoms with E-state index >= 15 is 0 Å². The minimum Gasteiger partial charge on any atom is -0.493 e. The Bertz CT molecular complexity index is 1170. The minimum atomic E-state index is -0.434. The number of hydrogen-bond acceptors (Lipinski definition) is 6. The molecule has 9 heteroatoms. The number of likely N-dealkylation sites (tertiary alicyclic amines) is 1. The molecule has 174 valence electrons. The molecule has 0 atom stereocenters. The van der Waals surface area contributed by atoms with Crippen LogP contribution in [-0.2, 0) is 11.2 Å². The van der Waals surface area contributed by atoms with Crippen LogP contribution in [0.4, 0.5) is 5.69 Å². The molecule has 9 nitrogen and oxygen atoms in total. The first-order valence-electron chi connectivity index (χ1n) is 10.8. The van der Waals surface area contributed by atoms with Gasteiger partial charge in [-0.1, -0.05) is 0 Å². The second-order valence-corrected chi connectivity index (χ2v) is 7.97. The molecule has 0 aliphatic carbocycles. The quantitative estimate of drug-likeness (QED) is 0.666. The number of nitriles is 1. The van der Waals surface area contributed by atoms with Gasteiger partial charge in [0.15, 0.2) is 11.5 Å². The zero-order chi connectivity index (χ0) is 24.1. The number of ether oxygens (including phenoxy) is 2. The van der Waals surface area contributed by atoms with Crippen LogP contribution in [0.25, 0.3) is 0 Å². The van der Waals surface area contributed by atoms with Crippen LogP contribution < -0.4 is 20.3 Å². The summed E-state index contributed by atoms with van der Waals surface area (Å²) in [5.74, 6) is 0.328. The molecule has 1 aliphatic rings. The van der Waals surface area contributed by atoms with Gasteiger partial charge in [0.25, 0.3) is 11.5 Å². The average Bonchev–Trinajstić information content (AvgIpc) is 3.33. The molecule has 33 heavy (non-hydrogen) atoms. The van der Waals surface area contributed by atoms with Crippen molar-refractivity contribution in [2.45, 2.75) is 39.5 Å². The van der Waals surface area contributed by atoms with E-state index in [1.807, 2.05) is 6.07 Å². The molecule has 0 spiro atoms. The second-order valence-electron chi connectivity index (χ2n) is 7.97. The molecule has 1 fully saturated rings. The Hall–Kier alpha value is -3.80. The number of benzene rings is 1. The van der Waals surface area contributed by atoms with Gasteiger partial charge in [-0.3, -0.25) is 14.4 Å². The van der Waals surface area contributed by atoms with Gasteiger partial charge in [0.1, 0.15) is 11.6 Å². The van der Waals surface area contributed by atoms with Crippen LogP contribution in [0.5, 0.6) is 11.5 Å². The highest BCUT2D eigenvalue weighted by Crippen LogP contribution is 2.34. The Morgan fingerprint density at radius 2 is 1.79 bits per heavy atom. The number of nitrogens with one attached hydrogen (secondary N) is 2. The van der Waals surface area contributed by atoms with E-state index in [-0.39, 0.29) is 23.8 Å². The van der Waals surface area contributed by atoms with Crippen molar-refractivity contribution in [3.63, 3.8) is 0 Å². The predicted molar refractivity (Wildman–Crippen MR) is 123 cm³/mol. The van der Waals surface area contributed by atoms with Gasteiger partial charge in [0.05, 0.1) is 25.5 Å². The Balaban J connectivity index is 1.85. The standard InChI is InChI=1S/C24H28N4O5/c1-14-16(15(2)26-23(30)18(14)13-25)7-8-22(29)27-19-12-21(33-4)20(32-3)11-17(19)24(31)28-9-5-6-10-28/h11-12H,5-10H2,1-4H3,(H,26,30)(H,27,29). The molecular weight excluding hydrogens is 424 g/mol. The topological polar surface area (TPSA) is 125 Å². The number of aryl methyl sites for hydroxylation is 1. The first kappa shape index (κ1) is 23.9. The van der Waals surface area contributed by atoms with Gasteiger partial charge in [-0.05, 0) is 50.3 Å². The van der Waals surface area contributed by atoms with Crippen molar-refractivity contribution in [3.8, 4) is 17.6 Å². The summed E-state index contributed by atoms with van der Waals surface area (Å²) in [5, 5.41) is 12.1. The monoisotopic (exact) mass is 452 g/mol. The summed E-state index contributed by atoms with van der Waals surface area (Å²) in [6.45, 7) is 4.79. The zero-order valence-electron chi connectivity index (χ0n) is 19.3. The lowest BCUT2D eigenvalue weighted by Gasteiger charge is -2.20. The third kappa shape index (κ3) is 5.00. The summed E-state index contributed by atoms with van der Waals surface area (Å²) in [6, 6.07) is 5.09. The molecule has 0 radical (unpaired) electrons. The number of rotatable bonds is 7. The number of H-pyrrole nitrogens is 1. The highest BCUT2D eigenvalue weighted by atomic mass is 16.5. The number of anilines is 1. The minimum absolute atomic E-state index is 0.0504. The molecule has 1 saturated heterocycles. The van der Waals surface area contributed by atoms with E-state index in [4.69, 9.17) is 9.47 Å². The number of carbonyl (C=O) groups excluding carboxylic acids is 2. The van der Waals surface area contributed by atoms with Crippen molar-refractivity contribution in [2.24, 2.45) is 0 Å². The molecule has 1 aliphatic heterocycles. The van der Waals surface area contributed by atoms with Crippen LogP contribution in [0.3, 0.4) is 0 Å². The van der Waals surface area contributed by atoms with Gasteiger partial charge in [-0.25, -0.2) is 0 Å². The van der Waals surface area contributed by atoms with E-state index < -0.39 is 5.56 Å². The maximum atomic E-state index is 13.1. The molecular formula is C24H28N4O5. The van der Waals surface area contributed by atoms with Crippen molar-refractivity contribution >= 4 is 17.5 Å². The second kappa shape index (κ2) is 10.2. The van der Waals surface area contributed by atoms with Crippen molar-refractivity contribution in [1.82, 2.24) is 9.88 Å². The first-order chi connectivity index (χ1) is 15.8. The van der Waals surface area contributed by atoms with Crippen LogP contribution in [0.15, 0.2) is 16.9 Å². The predicted octanol–water partition coefficient (Wildman–Crippen LogP) is 2.69. The summed E-state index contributed by atoms with van der Waals surface area (Å²) >= 11 is 0. The number of amides is 2. The number of aromatic amines is 1. The lowest BCUT2D eigenvalue weighted by Crippen LogP contribution is -2.29. The first-order valence-corrected chi connectivity index (χ1v) is 10.8. The van der Waals surface area contributed by atoms with Crippen LogP contribution in [0.1, 0.15) is 52.0 Å². The van der Waals surface area contributed by atoms with E-state index in [1.165, 1.54) is 14.2 Å². The summed E-state index contributed by atoms with van der Waals surface area (Å²) < 4.78 is 10.7. The van der Waals surface area contributed by atoms with Gasteiger partial charge in [0, 0.05) is 31.3 Å². The molecule has 3 rings (SSSR count). The van der Waals surface area contributed by atoms with Crippen molar-refractivity contribution in [2.75, 3.05) is 32.6 Å². The fraction of sp³-hybridized carbons (Fsp3) is 0.417. The molecule has 1 aromatic heterocycles.